The summed E-state index contributed by atoms with van der Waals surface area (Å²) in [7, 11) is 0. The number of hydrogen-bond donors (Lipinski definition) is 0. The van der Waals surface area contributed by atoms with Gasteiger partial charge in [0, 0.05) is 17.2 Å². The van der Waals surface area contributed by atoms with Crippen LogP contribution < -0.4 is 5.63 Å². The van der Waals surface area contributed by atoms with Crippen LogP contribution in [-0.4, -0.2) is 18.3 Å². The van der Waals surface area contributed by atoms with E-state index < -0.39 is 0 Å². The smallest absolute Gasteiger partial charge is 0.336 e. The number of ether oxygens (including phenoxy) is 1. The minimum atomic E-state index is -0.360. The number of benzene rings is 1. The molecule has 1 aromatic carbocycles. The second-order valence-corrected chi connectivity index (χ2v) is 6.73. The van der Waals surface area contributed by atoms with E-state index in [1.165, 1.54) is 23.4 Å². The number of carbonyl (C=O) groups is 1. The summed E-state index contributed by atoms with van der Waals surface area (Å²) in [5.74, 6) is 1.01. The van der Waals surface area contributed by atoms with Crippen molar-refractivity contribution in [3.8, 4) is 0 Å². The Morgan fingerprint density at radius 2 is 2.04 bits per heavy atom. The molecule has 0 saturated carbocycles. The SMILES string of the molecule is CCOC(=O)CSCc1cc(=O)oc2cc(C)c(C(C)C)cc12. The van der Waals surface area contributed by atoms with Crippen LogP contribution in [0, 0.1) is 6.92 Å². The molecular weight excluding hydrogens is 312 g/mol. The lowest BCUT2D eigenvalue weighted by molar-refractivity contribution is -0.139. The maximum atomic E-state index is 11.8. The standard InChI is InChI=1S/C18H22O4S/c1-5-21-18(20)10-23-9-13-7-17(19)22-16-6-12(4)14(11(2)3)8-15(13)16/h6-8,11H,5,9-10H2,1-4H3. The number of thioether (sulfide) groups is 1. The molecule has 1 heterocycles. The molecule has 0 fully saturated rings. The summed E-state index contributed by atoms with van der Waals surface area (Å²) in [6.45, 7) is 8.48. The van der Waals surface area contributed by atoms with E-state index in [0.29, 0.717) is 23.9 Å². The molecule has 5 heteroatoms. The lowest BCUT2D eigenvalue weighted by Gasteiger charge is -2.13. The number of esters is 1. The van der Waals surface area contributed by atoms with Crippen molar-refractivity contribution < 1.29 is 13.9 Å². The molecule has 124 valence electrons. The average Bonchev–Trinajstić information content (AvgIpc) is 2.46. The minimum absolute atomic E-state index is 0.233. The van der Waals surface area contributed by atoms with Crippen molar-refractivity contribution in [1.82, 2.24) is 0 Å². The van der Waals surface area contributed by atoms with Gasteiger partial charge in [0.1, 0.15) is 5.58 Å². The monoisotopic (exact) mass is 334 g/mol. The Labute approximate surface area is 140 Å². The highest BCUT2D eigenvalue weighted by Gasteiger charge is 2.12. The molecule has 0 amide bonds. The molecule has 4 nitrogen and oxygen atoms in total. The zero-order chi connectivity index (χ0) is 17.0. The van der Waals surface area contributed by atoms with Crippen molar-refractivity contribution in [3.05, 3.63) is 45.3 Å². The van der Waals surface area contributed by atoms with Crippen LogP contribution in [-0.2, 0) is 15.3 Å². The van der Waals surface area contributed by atoms with E-state index in [0.717, 1.165) is 16.5 Å². The molecule has 0 saturated heterocycles. The molecule has 0 aliphatic heterocycles. The minimum Gasteiger partial charge on any atom is -0.465 e. The van der Waals surface area contributed by atoms with Crippen molar-refractivity contribution in [3.63, 3.8) is 0 Å². The average molecular weight is 334 g/mol. The van der Waals surface area contributed by atoms with Gasteiger partial charge in [-0.2, -0.15) is 0 Å². The molecule has 23 heavy (non-hydrogen) atoms. The first-order chi connectivity index (χ1) is 10.9. The predicted octanol–water partition coefficient (Wildman–Crippen LogP) is 4.02. The number of fused-ring (bicyclic) bond motifs is 1. The van der Waals surface area contributed by atoms with Crippen molar-refractivity contribution in [2.75, 3.05) is 12.4 Å². The summed E-state index contributed by atoms with van der Waals surface area (Å²) in [6.07, 6.45) is 0. The summed E-state index contributed by atoms with van der Waals surface area (Å²) in [5, 5.41) is 0.940. The molecule has 0 N–H and O–H groups in total. The molecule has 0 aliphatic carbocycles. The van der Waals surface area contributed by atoms with Crippen LogP contribution in [0.1, 0.15) is 43.4 Å². The normalized spacial score (nSPS) is 11.2. The Morgan fingerprint density at radius 3 is 2.70 bits per heavy atom. The van der Waals surface area contributed by atoms with Gasteiger partial charge in [0.2, 0.25) is 0 Å². The van der Waals surface area contributed by atoms with Gasteiger partial charge in [-0.15, -0.1) is 11.8 Å². The van der Waals surface area contributed by atoms with Crippen molar-refractivity contribution in [1.29, 1.82) is 0 Å². The fourth-order valence-electron chi connectivity index (χ4n) is 2.58. The Hall–Kier alpha value is -1.75. The van der Waals surface area contributed by atoms with E-state index in [1.54, 1.807) is 6.92 Å². The molecule has 0 bridgehead atoms. The lowest BCUT2D eigenvalue weighted by Crippen LogP contribution is -2.07. The van der Waals surface area contributed by atoms with Crippen LogP contribution in [0.15, 0.2) is 27.4 Å². The zero-order valence-corrected chi connectivity index (χ0v) is 14.8. The van der Waals surface area contributed by atoms with Gasteiger partial charge >= 0.3 is 11.6 Å². The quantitative estimate of drug-likeness (QED) is 0.590. The van der Waals surface area contributed by atoms with E-state index in [-0.39, 0.29) is 17.3 Å². The van der Waals surface area contributed by atoms with Gasteiger partial charge in [-0.05, 0) is 48.6 Å². The van der Waals surface area contributed by atoms with Crippen LogP contribution in [0.5, 0.6) is 0 Å². The maximum Gasteiger partial charge on any atom is 0.336 e. The van der Waals surface area contributed by atoms with Gasteiger partial charge in [-0.25, -0.2) is 4.79 Å². The van der Waals surface area contributed by atoms with Crippen LogP contribution in [0.2, 0.25) is 0 Å². The second-order valence-electron chi connectivity index (χ2n) is 5.75. The van der Waals surface area contributed by atoms with Gasteiger partial charge in [0.15, 0.2) is 0 Å². The van der Waals surface area contributed by atoms with Crippen LogP contribution in [0.4, 0.5) is 0 Å². The highest BCUT2D eigenvalue weighted by Crippen LogP contribution is 2.28. The molecule has 0 spiro atoms. The number of carbonyl (C=O) groups excluding carboxylic acids is 1. The van der Waals surface area contributed by atoms with Crippen molar-refractivity contribution in [2.24, 2.45) is 0 Å². The molecule has 0 aliphatic rings. The van der Waals surface area contributed by atoms with Crippen LogP contribution in [0.25, 0.3) is 11.0 Å². The largest absolute Gasteiger partial charge is 0.465 e. The first-order valence-corrected chi connectivity index (χ1v) is 8.88. The summed E-state index contributed by atoms with van der Waals surface area (Å²) in [6, 6.07) is 5.53. The highest BCUT2D eigenvalue weighted by atomic mass is 32.2. The fourth-order valence-corrected chi connectivity index (χ4v) is 3.39. The third kappa shape index (κ3) is 4.38. The summed E-state index contributed by atoms with van der Waals surface area (Å²) in [5.41, 5.74) is 3.49. The highest BCUT2D eigenvalue weighted by molar-refractivity contribution is 7.99. The molecule has 1 aromatic heterocycles. The van der Waals surface area contributed by atoms with E-state index in [9.17, 15) is 9.59 Å². The van der Waals surface area contributed by atoms with E-state index in [2.05, 4.69) is 19.9 Å². The number of aryl methyl sites for hydroxylation is 1. The third-order valence-corrected chi connectivity index (χ3v) is 4.58. The maximum absolute atomic E-state index is 11.8. The Kier molecular flexibility index (Phi) is 5.88. The Bertz CT molecular complexity index is 761. The first kappa shape index (κ1) is 17.6. The molecule has 0 atom stereocenters. The molecule has 2 rings (SSSR count). The molecule has 0 unspecified atom stereocenters. The number of hydrogen-bond acceptors (Lipinski definition) is 5. The number of rotatable bonds is 6. The van der Waals surface area contributed by atoms with E-state index in [1.807, 2.05) is 13.0 Å². The molecule has 2 aromatic rings. The van der Waals surface area contributed by atoms with Gasteiger partial charge in [0.25, 0.3) is 0 Å². The zero-order valence-electron chi connectivity index (χ0n) is 14.0. The fraction of sp³-hybridized carbons (Fsp3) is 0.444. The Morgan fingerprint density at radius 1 is 1.30 bits per heavy atom. The van der Waals surface area contributed by atoms with Crippen molar-refractivity contribution >= 4 is 28.7 Å². The summed E-state index contributed by atoms with van der Waals surface area (Å²) in [4.78, 5) is 23.2. The Balaban J connectivity index is 2.32. The third-order valence-electron chi connectivity index (χ3n) is 3.62. The molecule has 0 radical (unpaired) electrons. The lowest BCUT2D eigenvalue weighted by atomic mass is 9.95. The predicted molar refractivity (Wildman–Crippen MR) is 94.1 cm³/mol. The second kappa shape index (κ2) is 7.68. The summed E-state index contributed by atoms with van der Waals surface area (Å²) < 4.78 is 10.2. The summed E-state index contributed by atoms with van der Waals surface area (Å²) >= 11 is 1.44. The van der Waals surface area contributed by atoms with Gasteiger partial charge < -0.3 is 9.15 Å². The van der Waals surface area contributed by atoms with E-state index in [4.69, 9.17) is 9.15 Å². The topological polar surface area (TPSA) is 56.5 Å². The van der Waals surface area contributed by atoms with E-state index >= 15 is 0 Å². The molecular formula is C18H22O4S. The van der Waals surface area contributed by atoms with Gasteiger partial charge in [-0.3, -0.25) is 4.79 Å². The van der Waals surface area contributed by atoms with Gasteiger partial charge in [-0.1, -0.05) is 13.8 Å². The van der Waals surface area contributed by atoms with Crippen LogP contribution >= 0.6 is 11.8 Å². The van der Waals surface area contributed by atoms with Gasteiger partial charge in [0.05, 0.1) is 12.4 Å². The van der Waals surface area contributed by atoms with Crippen LogP contribution in [0.3, 0.4) is 0 Å². The van der Waals surface area contributed by atoms with Crippen molar-refractivity contribution in [2.45, 2.75) is 39.4 Å². The first-order valence-electron chi connectivity index (χ1n) is 7.73.